The van der Waals surface area contributed by atoms with Crippen molar-refractivity contribution in [2.75, 3.05) is 0 Å². The number of ketones is 1. The van der Waals surface area contributed by atoms with Crippen LogP contribution in [0.25, 0.3) is 6.08 Å². The fourth-order valence-corrected chi connectivity index (χ4v) is 2.58. The van der Waals surface area contributed by atoms with Crippen molar-refractivity contribution in [3.05, 3.63) is 106 Å². The summed E-state index contributed by atoms with van der Waals surface area (Å²) >= 11 is 3.34. The van der Waals surface area contributed by atoms with Crippen LogP contribution in [0.5, 0.6) is 5.75 Å². The first kappa shape index (κ1) is 17.8. The first-order chi connectivity index (χ1) is 12.6. The molecule has 3 aromatic rings. The number of ether oxygens (including phenoxy) is 1. The molecule has 4 heteroatoms. The predicted octanol–water partition coefficient (Wildman–Crippen LogP) is 5.56. The Labute approximate surface area is 160 Å². The first-order valence-corrected chi connectivity index (χ1v) is 8.77. The Morgan fingerprint density at radius 2 is 1.42 bits per heavy atom. The van der Waals surface area contributed by atoms with E-state index in [-0.39, 0.29) is 5.78 Å². The molecule has 0 saturated heterocycles. The molecule has 0 saturated carbocycles. The van der Waals surface area contributed by atoms with Crippen LogP contribution in [0.4, 0.5) is 0 Å². The molecule has 3 aromatic carbocycles. The maximum atomic E-state index is 12.3. The van der Waals surface area contributed by atoms with Gasteiger partial charge >= 0.3 is 5.97 Å². The number of allylic oxidation sites excluding steroid dienone is 1. The van der Waals surface area contributed by atoms with Gasteiger partial charge in [0.1, 0.15) is 5.75 Å². The zero-order valence-corrected chi connectivity index (χ0v) is 15.3. The van der Waals surface area contributed by atoms with E-state index < -0.39 is 5.97 Å². The number of benzene rings is 3. The average Bonchev–Trinajstić information content (AvgIpc) is 2.68. The molecule has 0 heterocycles. The van der Waals surface area contributed by atoms with Crippen molar-refractivity contribution in [1.82, 2.24) is 0 Å². The number of carbonyl (C=O) groups excluding carboxylic acids is 2. The van der Waals surface area contributed by atoms with Crippen LogP contribution in [0.2, 0.25) is 0 Å². The molecule has 0 amide bonds. The first-order valence-electron chi connectivity index (χ1n) is 7.98. The Bertz CT molecular complexity index is 945. The molecule has 0 aliphatic rings. The van der Waals surface area contributed by atoms with Crippen LogP contribution in [0.15, 0.2) is 89.4 Å². The van der Waals surface area contributed by atoms with Gasteiger partial charge in [0.05, 0.1) is 5.56 Å². The number of hydrogen-bond acceptors (Lipinski definition) is 3. The number of halogens is 1. The number of para-hydroxylation sites is 1. The molecule has 3 rings (SSSR count). The largest absolute Gasteiger partial charge is 0.422 e. The van der Waals surface area contributed by atoms with Crippen LogP contribution < -0.4 is 4.74 Å². The summed E-state index contributed by atoms with van der Waals surface area (Å²) in [6.45, 7) is 0. The molecule has 0 atom stereocenters. The molecule has 3 nitrogen and oxygen atoms in total. The third-order valence-electron chi connectivity index (χ3n) is 3.67. The lowest BCUT2D eigenvalue weighted by Gasteiger charge is -2.07. The monoisotopic (exact) mass is 406 g/mol. The Morgan fingerprint density at radius 3 is 2.15 bits per heavy atom. The lowest BCUT2D eigenvalue weighted by atomic mass is 10.1. The van der Waals surface area contributed by atoms with Gasteiger partial charge in [-0.05, 0) is 54.6 Å². The van der Waals surface area contributed by atoms with E-state index in [4.69, 9.17) is 4.74 Å². The summed E-state index contributed by atoms with van der Waals surface area (Å²) in [4.78, 5) is 24.5. The van der Waals surface area contributed by atoms with Crippen molar-refractivity contribution in [3.8, 4) is 5.75 Å². The second kappa shape index (κ2) is 8.41. The normalized spacial score (nSPS) is 10.7. The molecule has 0 aromatic heterocycles. The molecule has 0 radical (unpaired) electrons. The van der Waals surface area contributed by atoms with Gasteiger partial charge < -0.3 is 4.74 Å². The third-order valence-corrected chi connectivity index (χ3v) is 4.20. The second-order valence-corrected chi connectivity index (χ2v) is 6.41. The van der Waals surface area contributed by atoms with Crippen LogP contribution >= 0.6 is 15.9 Å². The van der Waals surface area contributed by atoms with Crippen molar-refractivity contribution in [2.45, 2.75) is 0 Å². The van der Waals surface area contributed by atoms with E-state index >= 15 is 0 Å². The molecule has 0 N–H and O–H groups in total. The highest BCUT2D eigenvalue weighted by atomic mass is 79.9. The lowest BCUT2D eigenvalue weighted by Crippen LogP contribution is -2.08. The summed E-state index contributed by atoms with van der Waals surface area (Å²) < 4.78 is 6.39. The smallest absolute Gasteiger partial charge is 0.343 e. The summed E-state index contributed by atoms with van der Waals surface area (Å²) in [5, 5.41) is 0. The van der Waals surface area contributed by atoms with Gasteiger partial charge in [-0.1, -0.05) is 52.3 Å². The fraction of sp³-hybridized carbons (Fsp3) is 0. The molecular weight excluding hydrogens is 392 g/mol. The van der Waals surface area contributed by atoms with Crippen LogP contribution in [-0.2, 0) is 0 Å². The number of rotatable bonds is 5. The zero-order valence-electron chi connectivity index (χ0n) is 13.8. The molecule has 0 aliphatic carbocycles. The SMILES string of the molecule is O=C(/C=C/c1ccccc1OC(=O)c1ccccc1)c1ccc(Br)cc1. The van der Waals surface area contributed by atoms with Gasteiger partial charge in [0.15, 0.2) is 5.78 Å². The van der Waals surface area contributed by atoms with Crippen molar-refractivity contribution in [2.24, 2.45) is 0 Å². The molecule has 0 spiro atoms. The predicted molar refractivity (Wildman–Crippen MR) is 105 cm³/mol. The number of carbonyl (C=O) groups is 2. The quantitative estimate of drug-likeness (QED) is 0.241. The van der Waals surface area contributed by atoms with E-state index in [0.29, 0.717) is 22.4 Å². The number of esters is 1. The van der Waals surface area contributed by atoms with Crippen LogP contribution in [-0.4, -0.2) is 11.8 Å². The van der Waals surface area contributed by atoms with Gasteiger partial charge in [-0.25, -0.2) is 4.79 Å². The standard InChI is InChI=1S/C22H15BrO3/c23-19-13-10-16(11-14-19)20(24)15-12-17-6-4-5-9-21(17)26-22(25)18-7-2-1-3-8-18/h1-15H/b15-12+. The van der Waals surface area contributed by atoms with E-state index in [2.05, 4.69) is 15.9 Å². The van der Waals surface area contributed by atoms with E-state index in [1.165, 1.54) is 6.08 Å². The molecule has 0 bridgehead atoms. The third kappa shape index (κ3) is 4.55. The molecule has 0 aliphatic heterocycles. The van der Waals surface area contributed by atoms with Crippen LogP contribution in [0, 0.1) is 0 Å². The van der Waals surface area contributed by atoms with E-state index in [9.17, 15) is 9.59 Å². The van der Waals surface area contributed by atoms with Crippen molar-refractivity contribution in [1.29, 1.82) is 0 Å². The molecule has 128 valence electrons. The zero-order chi connectivity index (χ0) is 18.4. The summed E-state index contributed by atoms with van der Waals surface area (Å²) in [7, 11) is 0. The average molecular weight is 407 g/mol. The maximum Gasteiger partial charge on any atom is 0.343 e. The lowest BCUT2D eigenvalue weighted by molar-refractivity contribution is 0.0734. The molecular formula is C22H15BrO3. The van der Waals surface area contributed by atoms with Gasteiger partial charge in [0, 0.05) is 15.6 Å². The highest BCUT2D eigenvalue weighted by Gasteiger charge is 2.10. The van der Waals surface area contributed by atoms with Gasteiger partial charge in [0.2, 0.25) is 0 Å². The topological polar surface area (TPSA) is 43.4 Å². The Kier molecular flexibility index (Phi) is 5.77. The van der Waals surface area contributed by atoms with Crippen molar-refractivity contribution >= 4 is 33.8 Å². The Morgan fingerprint density at radius 1 is 0.769 bits per heavy atom. The number of hydrogen-bond donors (Lipinski definition) is 0. The van der Waals surface area contributed by atoms with Gasteiger partial charge in [0.25, 0.3) is 0 Å². The van der Waals surface area contributed by atoms with Crippen molar-refractivity contribution in [3.63, 3.8) is 0 Å². The van der Waals surface area contributed by atoms with Gasteiger partial charge in [-0.2, -0.15) is 0 Å². The maximum absolute atomic E-state index is 12.3. The molecule has 0 unspecified atom stereocenters. The minimum atomic E-state index is -0.439. The van der Waals surface area contributed by atoms with Gasteiger partial charge in [-0.3, -0.25) is 4.79 Å². The highest BCUT2D eigenvalue weighted by Crippen LogP contribution is 2.21. The van der Waals surface area contributed by atoms with Crippen LogP contribution in [0.1, 0.15) is 26.3 Å². The summed E-state index contributed by atoms with van der Waals surface area (Å²) in [6.07, 6.45) is 3.12. The minimum Gasteiger partial charge on any atom is -0.422 e. The summed E-state index contributed by atoms with van der Waals surface area (Å²) in [5.41, 5.74) is 1.71. The van der Waals surface area contributed by atoms with E-state index in [1.807, 2.05) is 24.3 Å². The van der Waals surface area contributed by atoms with Crippen molar-refractivity contribution < 1.29 is 14.3 Å². The van der Waals surface area contributed by atoms with E-state index in [0.717, 1.165) is 4.47 Å². The molecule has 0 fully saturated rings. The highest BCUT2D eigenvalue weighted by molar-refractivity contribution is 9.10. The second-order valence-electron chi connectivity index (χ2n) is 5.50. The Balaban J connectivity index is 1.77. The van der Waals surface area contributed by atoms with Gasteiger partial charge in [-0.15, -0.1) is 0 Å². The minimum absolute atomic E-state index is 0.123. The van der Waals surface area contributed by atoms with Crippen LogP contribution in [0.3, 0.4) is 0 Å². The molecule has 26 heavy (non-hydrogen) atoms. The van der Waals surface area contributed by atoms with E-state index in [1.54, 1.807) is 60.7 Å². The Hall–Kier alpha value is -2.98. The summed E-state index contributed by atoms with van der Waals surface area (Å²) in [6, 6.07) is 23.0. The summed E-state index contributed by atoms with van der Waals surface area (Å²) in [5.74, 6) is -0.159. The fourth-order valence-electron chi connectivity index (χ4n) is 2.32.